The number of aryl methyl sites for hydroxylation is 1. The minimum absolute atomic E-state index is 0.106. The van der Waals surface area contributed by atoms with Crippen LogP contribution < -0.4 is 5.32 Å². The monoisotopic (exact) mass is 453 g/mol. The van der Waals surface area contributed by atoms with E-state index in [9.17, 15) is 4.79 Å². The van der Waals surface area contributed by atoms with E-state index in [0.717, 1.165) is 28.4 Å². The molecule has 3 aromatic rings. The molecule has 6 heteroatoms. The Bertz CT molecular complexity index is 1110. The molecule has 0 atom stereocenters. The van der Waals surface area contributed by atoms with Gasteiger partial charge in [-0.3, -0.25) is 9.69 Å². The van der Waals surface area contributed by atoms with Crippen molar-refractivity contribution >= 4 is 56.1 Å². The summed E-state index contributed by atoms with van der Waals surface area (Å²) in [5.74, 6) is -0.106. The van der Waals surface area contributed by atoms with Crippen molar-refractivity contribution in [3.05, 3.63) is 75.5 Å². The Balaban J connectivity index is 1.83. The molecule has 4 rings (SSSR count). The Morgan fingerprint density at radius 2 is 1.93 bits per heavy atom. The highest BCUT2D eigenvalue weighted by molar-refractivity contribution is 9.10. The molecule has 28 heavy (non-hydrogen) atoms. The van der Waals surface area contributed by atoms with Crippen LogP contribution >= 0.6 is 28.1 Å². The van der Waals surface area contributed by atoms with Gasteiger partial charge in [0, 0.05) is 35.2 Å². The van der Waals surface area contributed by atoms with Crippen LogP contribution in [0.3, 0.4) is 0 Å². The van der Waals surface area contributed by atoms with Crippen LogP contribution in [-0.2, 0) is 17.8 Å². The van der Waals surface area contributed by atoms with Gasteiger partial charge in [-0.05, 0) is 48.0 Å². The summed E-state index contributed by atoms with van der Waals surface area (Å²) in [7, 11) is 1.69. The van der Waals surface area contributed by atoms with Gasteiger partial charge in [-0.15, -0.1) is 0 Å². The summed E-state index contributed by atoms with van der Waals surface area (Å²) < 4.78 is 3.34. The Hall–Kier alpha value is -2.44. The van der Waals surface area contributed by atoms with E-state index < -0.39 is 0 Å². The zero-order valence-electron chi connectivity index (χ0n) is 15.7. The molecular weight excluding hydrogens is 434 g/mol. The van der Waals surface area contributed by atoms with Crippen molar-refractivity contribution in [2.75, 3.05) is 7.05 Å². The Kier molecular flexibility index (Phi) is 5.08. The standard InChI is InChI=1S/C22H20BrN3OS/c1-3-15-5-4-6-18-16(11-19-21(27)25(2)22(28)24-19)13-26(20(15)18)12-14-7-9-17(23)10-8-14/h4-11,13H,3,12H2,1-2H3,(H,24,28)/b19-11-. The molecule has 1 N–H and O–H groups in total. The predicted molar refractivity (Wildman–Crippen MR) is 121 cm³/mol. The number of hydrogen-bond acceptors (Lipinski definition) is 2. The van der Waals surface area contributed by atoms with Crippen molar-refractivity contribution in [1.29, 1.82) is 0 Å². The van der Waals surface area contributed by atoms with Crippen LogP contribution in [0.2, 0.25) is 0 Å². The molecule has 1 aliphatic heterocycles. The lowest BCUT2D eigenvalue weighted by molar-refractivity contribution is -0.121. The predicted octanol–water partition coefficient (Wildman–Crippen LogP) is 4.70. The number of aromatic nitrogens is 1. The van der Waals surface area contributed by atoms with Gasteiger partial charge in [-0.1, -0.05) is 53.2 Å². The summed E-state index contributed by atoms with van der Waals surface area (Å²) >= 11 is 8.69. The number of fused-ring (bicyclic) bond motifs is 1. The van der Waals surface area contributed by atoms with Gasteiger partial charge in [0.25, 0.3) is 5.91 Å². The van der Waals surface area contributed by atoms with Crippen molar-refractivity contribution in [2.24, 2.45) is 0 Å². The van der Waals surface area contributed by atoms with Gasteiger partial charge in [-0.2, -0.15) is 0 Å². The van der Waals surface area contributed by atoms with E-state index in [2.05, 4.69) is 81.4 Å². The molecule has 0 bridgehead atoms. The third kappa shape index (κ3) is 3.38. The van der Waals surface area contributed by atoms with E-state index in [0.29, 0.717) is 10.8 Å². The van der Waals surface area contributed by atoms with Crippen LogP contribution in [-0.4, -0.2) is 27.5 Å². The molecule has 1 fully saturated rings. The van der Waals surface area contributed by atoms with Gasteiger partial charge in [0.2, 0.25) is 0 Å². The van der Waals surface area contributed by atoms with Crippen LogP contribution in [0.15, 0.2) is 58.8 Å². The normalized spacial score (nSPS) is 15.7. The number of nitrogens with one attached hydrogen (secondary N) is 1. The van der Waals surface area contributed by atoms with Gasteiger partial charge in [0.05, 0.1) is 5.52 Å². The molecule has 2 aromatic carbocycles. The maximum atomic E-state index is 12.4. The Labute approximate surface area is 178 Å². The van der Waals surface area contributed by atoms with Gasteiger partial charge < -0.3 is 9.88 Å². The molecule has 0 saturated carbocycles. The molecule has 0 unspecified atom stereocenters. The zero-order chi connectivity index (χ0) is 19.8. The molecule has 1 aromatic heterocycles. The highest BCUT2D eigenvalue weighted by Crippen LogP contribution is 2.28. The van der Waals surface area contributed by atoms with Crippen LogP contribution in [0, 0.1) is 0 Å². The molecule has 1 amide bonds. The van der Waals surface area contributed by atoms with Gasteiger partial charge in [0.1, 0.15) is 5.70 Å². The Morgan fingerprint density at radius 3 is 2.57 bits per heavy atom. The van der Waals surface area contributed by atoms with Crippen molar-refractivity contribution < 1.29 is 4.79 Å². The second kappa shape index (κ2) is 7.53. The number of carbonyl (C=O) groups excluding carboxylic acids is 1. The molecule has 4 nitrogen and oxygen atoms in total. The van der Waals surface area contributed by atoms with Crippen molar-refractivity contribution in [1.82, 2.24) is 14.8 Å². The summed E-state index contributed by atoms with van der Waals surface area (Å²) in [5.41, 5.74) is 5.24. The molecular formula is C22H20BrN3OS. The fourth-order valence-corrected chi connectivity index (χ4v) is 4.01. The SMILES string of the molecule is CCc1cccc2c(/C=C3\NC(=S)N(C)C3=O)cn(Cc3ccc(Br)cc3)c12. The molecule has 1 aliphatic rings. The number of halogens is 1. The average Bonchev–Trinajstić information content (AvgIpc) is 3.16. The first-order valence-corrected chi connectivity index (χ1v) is 10.3. The van der Waals surface area contributed by atoms with Crippen LogP contribution in [0.5, 0.6) is 0 Å². The summed E-state index contributed by atoms with van der Waals surface area (Å²) in [4.78, 5) is 13.9. The third-order valence-electron chi connectivity index (χ3n) is 5.04. The Morgan fingerprint density at radius 1 is 1.18 bits per heavy atom. The number of amides is 1. The van der Waals surface area contributed by atoms with E-state index in [-0.39, 0.29) is 5.91 Å². The maximum Gasteiger partial charge on any atom is 0.276 e. The summed E-state index contributed by atoms with van der Waals surface area (Å²) in [6, 6.07) is 14.7. The van der Waals surface area contributed by atoms with Gasteiger partial charge >= 0.3 is 0 Å². The number of rotatable bonds is 4. The van der Waals surface area contributed by atoms with Crippen LogP contribution in [0.4, 0.5) is 0 Å². The molecule has 1 saturated heterocycles. The largest absolute Gasteiger partial charge is 0.342 e. The molecule has 0 aliphatic carbocycles. The second-order valence-corrected chi connectivity index (χ2v) is 8.16. The smallest absolute Gasteiger partial charge is 0.276 e. The van der Waals surface area contributed by atoms with Crippen molar-refractivity contribution in [3.63, 3.8) is 0 Å². The van der Waals surface area contributed by atoms with Gasteiger partial charge in [-0.25, -0.2) is 0 Å². The summed E-state index contributed by atoms with van der Waals surface area (Å²) in [5, 5.41) is 4.59. The molecule has 142 valence electrons. The number of para-hydroxylation sites is 1. The molecule has 2 heterocycles. The zero-order valence-corrected chi connectivity index (χ0v) is 18.1. The summed E-state index contributed by atoms with van der Waals surface area (Å²) in [6.45, 7) is 2.93. The summed E-state index contributed by atoms with van der Waals surface area (Å²) in [6.07, 6.45) is 4.97. The minimum Gasteiger partial charge on any atom is -0.342 e. The lowest BCUT2D eigenvalue weighted by atomic mass is 10.1. The average molecular weight is 454 g/mol. The van der Waals surface area contributed by atoms with Crippen molar-refractivity contribution in [2.45, 2.75) is 19.9 Å². The maximum absolute atomic E-state index is 12.4. The molecule has 0 spiro atoms. The second-order valence-electron chi connectivity index (χ2n) is 6.86. The van der Waals surface area contributed by atoms with E-state index in [1.165, 1.54) is 21.5 Å². The number of nitrogens with zero attached hydrogens (tertiary/aromatic N) is 2. The number of thiocarbonyl (C=S) groups is 1. The third-order valence-corrected chi connectivity index (χ3v) is 5.95. The van der Waals surface area contributed by atoms with E-state index in [4.69, 9.17) is 12.2 Å². The molecule has 0 radical (unpaired) electrons. The number of likely N-dealkylation sites (N-methyl/N-ethyl adjacent to an activating group) is 1. The van der Waals surface area contributed by atoms with Gasteiger partial charge in [0.15, 0.2) is 5.11 Å². The number of benzene rings is 2. The minimum atomic E-state index is -0.106. The highest BCUT2D eigenvalue weighted by atomic mass is 79.9. The number of hydrogen-bond donors (Lipinski definition) is 1. The first-order chi connectivity index (χ1) is 13.5. The van der Waals surface area contributed by atoms with E-state index >= 15 is 0 Å². The van der Waals surface area contributed by atoms with E-state index in [1.54, 1.807) is 7.05 Å². The quantitative estimate of drug-likeness (QED) is 0.459. The highest BCUT2D eigenvalue weighted by Gasteiger charge is 2.27. The number of carbonyl (C=O) groups is 1. The van der Waals surface area contributed by atoms with E-state index in [1.807, 2.05) is 6.08 Å². The fraction of sp³-hybridized carbons (Fsp3) is 0.182. The first-order valence-electron chi connectivity index (χ1n) is 9.14. The lowest BCUT2D eigenvalue weighted by Gasteiger charge is -2.09. The van der Waals surface area contributed by atoms with Crippen LogP contribution in [0.1, 0.15) is 23.6 Å². The van der Waals surface area contributed by atoms with Crippen LogP contribution in [0.25, 0.3) is 17.0 Å². The fourth-order valence-electron chi connectivity index (χ4n) is 3.56. The topological polar surface area (TPSA) is 37.3 Å². The lowest BCUT2D eigenvalue weighted by Crippen LogP contribution is -2.25. The first kappa shape index (κ1) is 18.9. The van der Waals surface area contributed by atoms with Crippen molar-refractivity contribution in [3.8, 4) is 0 Å².